The van der Waals surface area contributed by atoms with E-state index in [2.05, 4.69) is 277 Å². The van der Waals surface area contributed by atoms with Crippen LogP contribution in [0.5, 0.6) is 0 Å². The topological polar surface area (TPSA) is 6.48 Å². The lowest BCUT2D eigenvalue weighted by Gasteiger charge is -2.45. The summed E-state index contributed by atoms with van der Waals surface area (Å²) in [5.41, 5.74) is 21.0. The first-order valence-electron chi connectivity index (χ1n) is 23.2. The number of para-hydroxylation sites is 4. The summed E-state index contributed by atoms with van der Waals surface area (Å²) in [7, 11) is 0. The second-order valence-corrected chi connectivity index (χ2v) is 17.6. The molecule has 1 heterocycles. The molecule has 0 atom stereocenters. The monoisotopic (exact) mass is 852 g/mol. The van der Waals surface area contributed by atoms with Crippen LogP contribution in [0.1, 0.15) is 22.3 Å². The second-order valence-electron chi connectivity index (χ2n) is 17.6. The lowest BCUT2D eigenvalue weighted by Crippen LogP contribution is -2.36. The van der Waals surface area contributed by atoms with Crippen LogP contribution in [0.3, 0.4) is 0 Å². The van der Waals surface area contributed by atoms with Gasteiger partial charge >= 0.3 is 0 Å². The SMILES string of the molecule is c1ccc(-c2ccc(-c3ccccc3N(c3ccc(-c4cccc5ccccc45)cc3)c3ccc4c(c3)C3(c5ccccc5-4)c4ccccc4N(c4ccccc4)c4ccccc43)cc2)cc1. The molecule has 1 aliphatic carbocycles. The molecule has 0 bridgehead atoms. The molecule has 11 aromatic carbocycles. The molecule has 0 radical (unpaired) electrons. The van der Waals surface area contributed by atoms with Gasteiger partial charge in [0.15, 0.2) is 0 Å². The molecule has 2 heteroatoms. The maximum Gasteiger partial charge on any atom is 0.0755 e. The number of fused-ring (bicyclic) bond motifs is 10. The lowest BCUT2D eigenvalue weighted by atomic mass is 9.64. The molecule has 2 nitrogen and oxygen atoms in total. The van der Waals surface area contributed by atoms with E-state index in [0.29, 0.717) is 0 Å². The van der Waals surface area contributed by atoms with Crippen molar-refractivity contribution in [2.24, 2.45) is 0 Å². The first-order chi connectivity index (χ1) is 33.3. The lowest BCUT2D eigenvalue weighted by molar-refractivity contribution is 0.752. The standard InChI is InChI=1S/C65H44N2/c1-3-18-45(19-4-1)46-34-36-49(37-35-46)55-25-10-14-31-62(55)66(51-40-38-48(39-41-51)54-27-17-21-47-20-7-8-24-53(47)54)52-42-43-57-56-26-9-11-28-58(56)65(61(57)44-52)59-29-12-15-32-63(59)67(50-22-5-2-6-23-50)64-33-16-13-30-60(64)65/h1-44H. The van der Waals surface area contributed by atoms with E-state index < -0.39 is 5.41 Å². The summed E-state index contributed by atoms with van der Waals surface area (Å²) in [5.74, 6) is 0. The maximum atomic E-state index is 2.50. The van der Waals surface area contributed by atoms with Crippen LogP contribution in [0, 0.1) is 0 Å². The van der Waals surface area contributed by atoms with Crippen molar-refractivity contribution in [1.29, 1.82) is 0 Å². The fraction of sp³-hybridized carbons (Fsp3) is 0.0154. The zero-order chi connectivity index (χ0) is 44.3. The normalized spacial score (nSPS) is 12.9. The molecule has 13 rings (SSSR count). The zero-order valence-electron chi connectivity index (χ0n) is 36.8. The Hall–Kier alpha value is -8.72. The second kappa shape index (κ2) is 15.8. The number of anilines is 6. The Kier molecular flexibility index (Phi) is 9.11. The van der Waals surface area contributed by atoms with E-state index in [0.717, 1.165) is 33.9 Å². The van der Waals surface area contributed by atoms with Crippen molar-refractivity contribution in [3.8, 4) is 44.5 Å². The Bertz CT molecular complexity index is 3580. The summed E-state index contributed by atoms with van der Waals surface area (Å²) in [4.78, 5) is 4.92. The molecule has 1 aliphatic heterocycles. The number of nitrogens with zero attached hydrogens (tertiary/aromatic N) is 2. The largest absolute Gasteiger partial charge is 0.310 e. The predicted molar refractivity (Wildman–Crippen MR) is 280 cm³/mol. The number of hydrogen-bond acceptors (Lipinski definition) is 2. The molecule has 314 valence electrons. The van der Waals surface area contributed by atoms with Gasteiger partial charge in [-0.2, -0.15) is 0 Å². The third-order valence-corrected chi connectivity index (χ3v) is 14.1. The summed E-state index contributed by atoms with van der Waals surface area (Å²) in [6.45, 7) is 0. The van der Waals surface area contributed by atoms with Crippen LogP contribution in [0.2, 0.25) is 0 Å². The van der Waals surface area contributed by atoms with Crippen molar-refractivity contribution in [1.82, 2.24) is 0 Å². The number of rotatable bonds is 7. The Balaban J connectivity index is 1.04. The van der Waals surface area contributed by atoms with Crippen LogP contribution in [0.15, 0.2) is 267 Å². The quantitative estimate of drug-likeness (QED) is 0.158. The van der Waals surface area contributed by atoms with E-state index in [-0.39, 0.29) is 0 Å². The number of hydrogen-bond donors (Lipinski definition) is 0. The molecular weight excluding hydrogens is 809 g/mol. The zero-order valence-corrected chi connectivity index (χ0v) is 36.8. The highest BCUT2D eigenvalue weighted by atomic mass is 15.2. The maximum absolute atomic E-state index is 2.50. The third kappa shape index (κ3) is 6.11. The summed E-state index contributed by atoms with van der Waals surface area (Å²) >= 11 is 0. The van der Waals surface area contributed by atoms with E-state index in [4.69, 9.17) is 0 Å². The summed E-state index contributed by atoms with van der Waals surface area (Å²) < 4.78 is 0. The molecule has 1 spiro atoms. The minimum atomic E-state index is -0.586. The third-order valence-electron chi connectivity index (χ3n) is 14.1. The minimum absolute atomic E-state index is 0.586. The van der Waals surface area contributed by atoms with Gasteiger partial charge in [0.1, 0.15) is 0 Å². The predicted octanol–water partition coefficient (Wildman–Crippen LogP) is 17.5. The van der Waals surface area contributed by atoms with E-state index in [9.17, 15) is 0 Å². The molecule has 11 aromatic rings. The van der Waals surface area contributed by atoms with Crippen molar-refractivity contribution in [2.75, 3.05) is 9.80 Å². The highest BCUT2D eigenvalue weighted by molar-refractivity contribution is 5.99. The van der Waals surface area contributed by atoms with E-state index in [1.54, 1.807) is 0 Å². The highest BCUT2D eigenvalue weighted by Crippen LogP contribution is 2.64. The van der Waals surface area contributed by atoms with Gasteiger partial charge in [-0.25, -0.2) is 0 Å². The molecule has 0 saturated heterocycles. The van der Waals surface area contributed by atoms with Crippen LogP contribution >= 0.6 is 0 Å². The van der Waals surface area contributed by atoms with Crippen molar-refractivity contribution >= 4 is 44.9 Å². The molecule has 0 unspecified atom stereocenters. The average molecular weight is 853 g/mol. The number of benzene rings is 11. The molecule has 0 aromatic heterocycles. The van der Waals surface area contributed by atoms with Crippen LogP contribution in [0.4, 0.5) is 34.1 Å². The van der Waals surface area contributed by atoms with Gasteiger partial charge < -0.3 is 9.80 Å². The first kappa shape index (κ1) is 38.7. The molecule has 2 aliphatic rings. The fourth-order valence-electron chi connectivity index (χ4n) is 11.2. The molecule has 0 saturated carbocycles. The molecule has 0 fully saturated rings. The van der Waals surface area contributed by atoms with Crippen LogP contribution in [0.25, 0.3) is 55.3 Å². The van der Waals surface area contributed by atoms with Gasteiger partial charge in [0.25, 0.3) is 0 Å². The Labute approximate surface area is 391 Å². The van der Waals surface area contributed by atoms with E-state index in [1.807, 2.05) is 0 Å². The van der Waals surface area contributed by atoms with Crippen LogP contribution in [-0.4, -0.2) is 0 Å². The molecular formula is C65H44N2. The van der Waals surface area contributed by atoms with Gasteiger partial charge in [-0.05, 0) is 127 Å². The Morgan fingerprint density at radius 2 is 0.791 bits per heavy atom. The van der Waals surface area contributed by atoms with Gasteiger partial charge in [-0.15, -0.1) is 0 Å². The van der Waals surface area contributed by atoms with Crippen molar-refractivity contribution < 1.29 is 0 Å². The van der Waals surface area contributed by atoms with Crippen LogP contribution < -0.4 is 9.80 Å². The van der Waals surface area contributed by atoms with E-state index in [1.165, 1.54) is 77.8 Å². The summed E-state index contributed by atoms with van der Waals surface area (Å²) in [5, 5.41) is 2.49. The van der Waals surface area contributed by atoms with Crippen LogP contribution in [-0.2, 0) is 5.41 Å². The minimum Gasteiger partial charge on any atom is -0.310 e. The van der Waals surface area contributed by atoms with Gasteiger partial charge in [0, 0.05) is 22.6 Å². The van der Waals surface area contributed by atoms with Crippen molar-refractivity contribution in [2.45, 2.75) is 5.41 Å². The smallest absolute Gasteiger partial charge is 0.0755 e. The Morgan fingerprint density at radius 3 is 1.54 bits per heavy atom. The fourth-order valence-corrected chi connectivity index (χ4v) is 11.2. The molecule has 0 N–H and O–H groups in total. The van der Waals surface area contributed by atoms with Gasteiger partial charge in [0.05, 0.1) is 22.5 Å². The van der Waals surface area contributed by atoms with Gasteiger partial charge in [-0.1, -0.05) is 212 Å². The Morgan fingerprint density at radius 1 is 0.299 bits per heavy atom. The van der Waals surface area contributed by atoms with Crippen molar-refractivity contribution in [3.63, 3.8) is 0 Å². The van der Waals surface area contributed by atoms with Gasteiger partial charge in [-0.3, -0.25) is 0 Å². The van der Waals surface area contributed by atoms with E-state index >= 15 is 0 Å². The molecule has 67 heavy (non-hydrogen) atoms. The van der Waals surface area contributed by atoms with Gasteiger partial charge in [0.2, 0.25) is 0 Å². The van der Waals surface area contributed by atoms with Crippen molar-refractivity contribution in [3.05, 3.63) is 289 Å². The summed E-state index contributed by atoms with van der Waals surface area (Å²) in [6.07, 6.45) is 0. The highest BCUT2D eigenvalue weighted by Gasteiger charge is 2.51. The average Bonchev–Trinajstić information content (AvgIpc) is 3.69. The summed E-state index contributed by atoms with van der Waals surface area (Å²) in [6, 6.07) is 98.2. The first-order valence-corrected chi connectivity index (χ1v) is 23.2. The molecule has 0 amide bonds.